The topological polar surface area (TPSA) is 61.6 Å². The number of nitrogens with two attached hydrogens (primary N) is 1. The van der Waals surface area contributed by atoms with E-state index in [2.05, 4.69) is 59.4 Å². The first kappa shape index (κ1) is 18.4. The molecule has 1 aliphatic heterocycles. The molecule has 138 valence electrons. The second-order valence-electron chi connectivity index (χ2n) is 7.15. The van der Waals surface area contributed by atoms with E-state index in [-0.39, 0.29) is 5.91 Å². The summed E-state index contributed by atoms with van der Waals surface area (Å²) >= 11 is 0. The normalized spacial score (nSPS) is 18.2. The maximum absolute atomic E-state index is 11.6. The summed E-state index contributed by atoms with van der Waals surface area (Å²) in [6.07, 6.45) is 0.947. The van der Waals surface area contributed by atoms with Crippen LogP contribution in [0, 0.1) is 0 Å². The number of hydrogen-bond donors (Lipinski definition) is 2. The fraction of sp³-hybridized carbons (Fsp3) is 0.381. The van der Waals surface area contributed by atoms with Crippen LogP contribution in [-0.4, -0.2) is 42.5 Å². The van der Waals surface area contributed by atoms with E-state index >= 15 is 0 Å². The zero-order chi connectivity index (χ0) is 18.5. The molecular formula is C21H28N4O. The Morgan fingerprint density at radius 3 is 2.42 bits per heavy atom. The maximum atomic E-state index is 11.6. The Bertz CT molecular complexity index is 715. The van der Waals surface area contributed by atoms with Gasteiger partial charge in [0.05, 0.1) is 0 Å². The summed E-state index contributed by atoms with van der Waals surface area (Å²) in [5.74, 6) is 4.95. The summed E-state index contributed by atoms with van der Waals surface area (Å²) in [7, 11) is 0. The zero-order valence-corrected chi connectivity index (χ0v) is 15.6. The zero-order valence-electron chi connectivity index (χ0n) is 15.6. The molecule has 0 bridgehead atoms. The van der Waals surface area contributed by atoms with Crippen molar-refractivity contribution in [2.24, 2.45) is 5.84 Å². The quantitative estimate of drug-likeness (QED) is 0.493. The van der Waals surface area contributed by atoms with Gasteiger partial charge in [0.1, 0.15) is 0 Å². The SMILES string of the molecule is CC(C)N1CCN(c2ccccc2)C(Cc2ccc(C(=O)NN)cc2)C1. The van der Waals surface area contributed by atoms with Gasteiger partial charge in [0, 0.05) is 43.0 Å². The number of hydrazine groups is 1. The standard InChI is InChI=1S/C21H28N4O/c1-16(2)24-12-13-25(19-6-4-3-5-7-19)20(15-24)14-17-8-10-18(11-9-17)21(26)23-22/h3-11,16,20H,12-15,22H2,1-2H3,(H,23,26). The van der Waals surface area contributed by atoms with Crippen molar-refractivity contribution >= 4 is 11.6 Å². The predicted octanol–water partition coefficient (Wildman–Crippen LogP) is 2.43. The number of amides is 1. The highest BCUT2D eigenvalue weighted by atomic mass is 16.2. The van der Waals surface area contributed by atoms with E-state index in [0.29, 0.717) is 17.6 Å². The summed E-state index contributed by atoms with van der Waals surface area (Å²) in [5.41, 5.74) is 5.27. The van der Waals surface area contributed by atoms with Crippen molar-refractivity contribution in [1.82, 2.24) is 10.3 Å². The average molecular weight is 352 g/mol. The molecule has 5 heteroatoms. The molecule has 1 amide bonds. The maximum Gasteiger partial charge on any atom is 0.265 e. The van der Waals surface area contributed by atoms with Gasteiger partial charge in [0.2, 0.25) is 0 Å². The third-order valence-electron chi connectivity index (χ3n) is 5.15. The van der Waals surface area contributed by atoms with Gasteiger partial charge >= 0.3 is 0 Å². The largest absolute Gasteiger partial charge is 0.366 e. The van der Waals surface area contributed by atoms with Crippen LogP contribution in [-0.2, 0) is 6.42 Å². The molecule has 0 saturated carbocycles. The Balaban J connectivity index is 1.79. The summed E-state index contributed by atoms with van der Waals surface area (Å²) in [4.78, 5) is 16.7. The van der Waals surface area contributed by atoms with E-state index in [1.807, 2.05) is 24.3 Å². The molecule has 26 heavy (non-hydrogen) atoms. The van der Waals surface area contributed by atoms with Crippen LogP contribution < -0.4 is 16.2 Å². The van der Waals surface area contributed by atoms with Crippen molar-refractivity contribution in [2.75, 3.05) is 24.5 Å². The molecule has 0 spiro atoms. The molecule has 1 unspecified atom stereocenters. The number of carbonyl (C=O) groups excluding carboxylic acids is 1. The molecule has 5 nitrogen and oxygen atoms in total. The highest BCUT2D eigenvalue weighted by molar-refractivity contribution is 5.93. The summed E-state index contributed by atoms with van der Waals surface area (Å²) in [5, 5.41) is 0. The highest BCUT2D eigenvalue weighted by Gasteiger charge is 2.28. The monoisotopic (exact) mass is 352 g/mol. The Morgan fingerprint density at radius 2 is 1.81 bits per heavy atom. The van der Waals surface area contributed by atoms with Crippen LogP contribution in [0.2, 0.25) is 0 Å². The molecule has 3 N–H and O–H groups in total. The first-order valence-electron chi connectivity index (χ1n) is 9.24. The molecule has 1 heterocycles. The minimum absolute atomic E-state index is 0.258. The van der Waals surface area contributed by atoms with E-state index in [9.17, 15) is 4.79 Å². The minimum Gasteiger partial charge on any atom is -0.366 e. The molecule has 1 saturated heterocycles. The van der Waals surface area contributed by atoms with Gasteiger partial charge in [-0.1, -0.05) is 30.3 Å². The lowest BCUT2D eigenvalue weighted by atomic mass is 9.99. The Labute approximate surface area is 155 Å². The molecule has 2 aromatic carbocycles. The summed E-state index contributed by atoms with van der Waals surface area (Å²) in [6, 6.07) is 19.3. The molecular weight excluding hydrogens is 324 g/mol. The van der Waals surface area contributed by atoms with Gasteiger partial charge in [-0.05, 0) is 50.1 Å². The van der Waals surface area contributed by atoms with Crippen LogP contribution in [0.1, 0.15) is 29.8 Å². The molecule has 1 atom stereocenters. The van der Waals surface area contributed by atoms with Crippen molar-refractivity contribution < 1.29 is 4.79 Å². The fourth-order valence-electron chi connectivity index (χ4n) is 3.63. The van der Waals surface area contributed by atoms with Crippen molar-refractivity contribution in [3.05, 3.63) is 65.7 Å². The van der Waals surface area contributed by atoms with Crippen LogP contribution in [0.25, 0.3) is 0 Å². The Hall–Kier alpha value is -2.37. The molecule has 1 fully saturated rings. The van der Waals surface area contributed by atoms with E-state index in [1.54, 1.807) is 0 Å². The summed E-state index contributed by atoms with van der Waals surface area (Å²) < 4.78 is 0. The highest BCUT2D eigenvalue weighted by Crippen LogP contribution is 2.24. The van der Waals surface area contributed by atoms with Crippen LogP contribution in [0.4, 0.5) is 5.69 Å². The van der Waals surface area contributed by atoms with Crippen LogP contribution in [0.15, 0.2) is 54.6 Å². The van der Waals surface area contributed by atoms with Crippen molar-refractivity contribution in [3.8, 4) is 0 Å². The van der Waals surface area contributed by atoms with Gasteiger partial charge in [-0.25, -0.2) is 5.84 Å². The smallest absolute Gasteiger partial charge is 0.265 e. The number of rotatable bonds is 5. The molecule has 2 aromatic rings. The number of para-hydroxylation sites is 1. The van der Waals surface area contributed by atoms with Gasteiger partial charge in [-0.15, -0.1) is 0 Å². The molecule has 0 aromatic heterocycles. The van der Waals surface area contributed by atoms with Crippen molar-refractivity contribution in [3.63, 3.8) is 0 Å². The van der Waals surface area contributed by atoms with Crippen molar-refractivity contribution in [1.29, 1.82) is 0 Å². The number of nitrogens with zero attached hydrogens (tertiary/aromatic N) is 2. The number of benzene rings is 2. The van der Waals surface area contributed by atoms with Gasteiger partial charge in [-0.3, -0.25) is 15.1 Å². The van der Waals surface area contributed by atoms with Gasteiger partial charge < -0.3 is 4.90 Å². The predicted molar refractivity (Wildman–Crippen MR) is 106 cm³/mol. The van der Waals surface area contributed by atoms with E-state index in [0.717, 1.165) is 26.1 Å². The molecule has 0 radical (unpaired) electrons. The average Bonchev–Trinajstić information content (AvgIpc) is 2.68. The number of nitrogen functional groups attached to an aromatic ring is 1. The van der Waals surface area contributed by atoms with Gasteiger partial charge in [0.15, 0.2) is 0 Å². The third-order valence-corrected chi connectivity index (χ3v) is 5.15. The molecule has 1 aliphatic rings. The van der Waals surface area contributed by atoms with Gasteiger partial charge in [0.25, 0.3) is 5.91 Å². The molecule has 0 aliphatic carbocycles. The number of carbonyl (C=O) groups is 1. The lowest BCUT2D eigenvalue weighted by Gasteiger charge is -2.44. The van der Waals surface area contributed by atoms with Crippen LogP contribution >= 0.6 is 0 Å². The second-order valence-corrected chi connectivity index (χ2v) is 7.15. The Kier molecular flexibility index (Phi) is 5.91. The lowest BCUT2D eigenvalue weighted by Crippen LogP contribution is -2.55. The van der Waals surface area contributed by atoms with E-state index in [4.69, 9.17) is 5.84 Å². The minimum atomic E-state index is -0.258. The first-order valence-corrected chi connectivity index (χ1v) is 9.24. The first-order chi connectivity index (χ1) is 12.6. The number of hydrogen-bond acceptors (Lipinski definition) is 4. The second kappa shape index (κ2) is 8.34. The Morgan fingerprint density at radius 1 is 1.12 bits per heavy atom. The van der Waals surface area contributed by atoms with Crippen molar-refractivity contribution in [2.45, 2.75) is 32.4 Å². The third kappa shape index (κ3) is 4.23. The molecule has 3 rings (SSSR count). The fourth-order valence-corrected chi connectivity index (χ4v) is 3.63. The number of anilines is 1. The number of piperazine rings is 1. The lowest BCUT2D eigenvalue weighted by molar-refractivity contribution is 0.0953. The number of nitrogens with one attached hydrogen (secondary N) is 1. The van der Waals surface area contributed by atoms with Crippen LogP contribution in [0.5, 0.6) is 0 Å². The van der Waals surface area contributed by atoms with E-state index in [1.165, 1.54) is 11.3 Å². The van der Waals surface area contributed by atoms with Gasteiger partial charge in [-0.2, -0.15) is 0 Å². The van der Waals surface area contributed by atoms with E-state index < -0.39 is 0 Å². The summed E-state index contributed by atoms with van der Waals surface area (Å²) in [6.45, 7) is 7.67. The van der Waals surface area contributed by atoms with Crippen LogP contribution in [0.3, 0.4) is 0 Å².